The Bertz CT molecular complexity index is 102. The normalized spacial score (nSPS) is 27.3. The quantitative estimate of drug-likeness (QED) is 0.614. The van der Waals surface area contributed by atoms with Gasteiger partial charge in [-0.15, -0.1) is 0 Å². The predicted octanol–water partition coefficient (Wildman–Crippen LogP) is 0.747. The van der Waals surface area contributed by atoms with Crippen molar-refractivity contribution in [3.63, 3.8) is 0 Å². The molecule has 0 aromatic rings. The molecule has 0 spiro atoms. The van der Waals surface area contributed by atoms with Crippen molar-refractivity contribution in [1.82, 2.24) is 5.32 Å². The third-order valence-corrected chi connectivity index (χ3v) is 1.80. The van der Waals surface area contributed by atoms with Crippen LogP contribution in [0, 0.1) is 0 Å². The summed E-state index contributed by atoms with van der Waals surface area (Å²) in [6.07, 6.45) is 1.42. The van der Waals surface area contributed by atoms with Gasteiger partial charge in [0.25, 0.3) is 0 Å². The van der Waals surface area contributed by atoms with Gasteiger partial charge in [-0.25, -0.2) is 0 Å². The number of hydrogen-bond donors (Lipinski definition) is 1. The maximum Gasteiger partial charge on any atom is 0.155 e. The van der Waals surface area contributed by atoms with Crippen molar-refractivity contribution in [3.05, 3.63) is 0 Å². The van der Waals surface area contributed by atoms with E-state index in [4.69, 9.17) is 9.47 Å². The van der Waals surface area contributed by atoms with Crippen LogP contribution in [0.1, 0.15) is 20.3 Å². The van der Waals surface area contributed by atoms with Gasteiger partial charge in [-0.1, -0.05) is 0 Å². The lowest BCUT2D eigenvalue weighted by atomic mass is 10.3. The molecule has 3 nitrogen and oxygen atoms in total. The van der Waals surface area contributed by atoms with Crippen molar-refractivity contribution in [2.24, 2.45) is 0 Å². The first-order valence-electron chi connectivity index (χ1n) is 4.30. The van der Waals surface area contributed by atoms with Crippen molar-refractivity contribution in [2.45, 2.75) is 32.7 Å². The highest BCUT2D eigenvalue weighted by Gasteiger charge is 2.17. The summed E-state index contributed by atoms with van der Waals surface area (Å²) in [6.45, 7) is 6.69. The van der Waals surface area contributed by atoms with E-state index in [0.717, 1.165) is 26.1 Å². The van der Waals surface area contributed by atoms with Crippen LogP contribution in [0.25, 0.3) is 0 Å². The molecule has 0 bridgehead atoms. The van der Waals surface area contributed by atoms with Gasteiger partial charge in [0.15, 0.2) is 6.29 Å². The Morgan fingerprint density at radius 2 is 2.45 bits per heavy atom. The molecule has 1 fully saturated rings. The topological polar surface area (TPSA) is 30.5 Å². The average Bonchev–Trinajstić information content (AvgIpc) is 2.40. The molecule has 2 atom stereocenters. The molecular weight excluding hydrogens is 142 g/mol. The van der Waals surface area contributed by atoms with Crippen molar-refractivity contribution in [1.29, 1.82) is 0 Å². The van der Waals surface area contributed by atoms with Crippen LogP contribution < -0.4 is 5.32 Å². The molecule has 1 N–H and O–H groups in total. The maximum atomic E-state index is 5.57. The highest BCUT2D eigenvalue weighted by atomic mass is 16.7. The summed E-state index contributed by atoms with van der Waals surface area (Å²) in [5.41, 5.74) is 0. The van der Waals surface area contributed by atoms with E-state index < -0.39 is 0 Å². The summed E-state index contributed by atoms with van der Waals surface area (Å²) in [5, 5.41) is 3.24. The van der Waals surface area contributed by atoms with Crippen LogP contribution in [0.4, 0.5) is 0 Å². The van der Waals surface area contributed by atoms with Crippen LogP contribution in [-0.2, 0) is 9.47 Å². The minimum Gasteiger partial charge on any atom is -0.353 e. The Kier molecular flexibility index (Phi) is 3.83. The molecule has 1 heterocycles. The van der Waals surface area contributed by atoms with E-state index in [1.165, 1.54) is 0 Å². The minimum atomic E-state index is -0.0510. The smallest absolute Gasteiger partial charge is 0.155 e. The molecule has 1 saturated heterocycles. The van der Waals surface area contributed by atoms with Gasteiger partial charge in [-0.05, 0) is 26.8 Å². The zero-order valence-electron chi connectivity index (χ0n) is 7.30. The average molecular weight is 159 g/mol. The van der Waals surface area contributed by atoms with Crippen LogP contribution in [0.2, 0.25) is 0 Å². The third-order valence-electron chi connectivity index (χ3n) is 1.80. The standard InChI is InChI=1S/C8H17NO2/c1-3-10-7(2)11-8-4-5-9-6-8/h7-9H,3-6H2,1-2H3. The SMILES string of the molecule is CCOC(C)OC1CCNC1. The number of hydrogen-bond acceptors (Lipinski definition) is 3. The zero-order valence-corrected chi connectivity index (χ0v) is 7.30. The largest absolute Gasteiger partial charge is 0.353 e. The summed E-state index contributed by atoms with van der Waals surface area (Å²) in [7, 11) is 0. The number of ether oxygens (including phenoxy) is 2. The van der Waals surface area contributed by atoms with Crippen molar-refractivity contribution >= 4 is 0 Å². The van der Waals surface area contributed by atoms with Crippen LogP contribution >= 0.6 is 0 Å². The van der Waals surface area contributed by atoms with Gasteiger partial charge in [0, 0.05) is 13.2 Å². The van der Waals surface area contributed by atoms with Crippen molar-refractivity contribution < 1.29 is 9.47 Å². The van der Waals surface area contributed by atoms with Gasteiger partial charge in [-0.3, -0.25) is 0 Å². The summed E-state index contributed by atoms with van der Waals surface area (Å²) in [5.74, 6) is 0. The summed E-state index contributed by atoms with van der Waals surface area (Å²) in [4.78, 5) is 0. The number of rotatable bonds is 4. The lowest BCUT2D eigenvalue weighted by molar-refractivity contribution is -0.152. The second-order valence-corrected chi connectivity index (χ2v) is 2.77. The predicted molar refractivity (Wildman–Crippen MR) is 43.4 cm³/mol. The second-order valence-electron chi connectivity index (χ2n) is 2.77. The maximum absolute atomic E-state index is 5.57. The van der Waals surface area contributed by atoms with Crippen LogP contribution in [0.5, 0.6) is 0 Å². The van der Waals surface area contributed by atoms with Gasteiger partial charge in [-0.2, -0.15) is 0 Å². The number of nitrogens with one attached hydrogen (secondary N) is 1. The summed E-state index contributed by atoms with van der Waals surface area (Å²) in [6, 6.07) is 0. The van der Waals surface area contributed by atoms with E-state index >= 15 is 0 Å². The first-order valence-corrected chi connectivity index (χ1v) is 4.30. The molecule has 2 unspecified atom stereocenters. The molecule has 0 aromatic carbocycles. The van der Waals surface area contributed by atoms with E-state index in [1.54, 1.807) is 0 Å². The molecule has 0 aliphatic carbocycles. The van der Waals surface area contributed by atoms with Gasteiger partial charge < -0.3 is 14.8 Å². The zero-order chi connectivity index (χ0) is 8.10. The lowest BCUT2D eigenvalue weighted by Gasteiger charge is -2.17. The molecule has 3 heteroatoms. The second kappa shape index (κ2) is 4.70. The molecule has 1 aliphatic heterocycles. The van der Waals surface area contributed by atoms with Gasteiger partial charge in [0.1, 0.15) is 0 Å². The highest BCUT2D eigenvalue weighted by molar-refractivity contribution is 4.70. The van der Waals surface area contributed by atoms with Crippen LogP contribution in [-0.4, -0.2) is 32.1 Å². The van der Waals surface area contributed by atoms with E-state index in [-0.39, 0.29) is 6.29 Å². The Hall–Kier alpha value is -0.120. The molecule has 1 aliphatic rings. The summed E-state index contributed by atoms with van der Waals surface area (Å²) >= 11 is 0. The molecule has 1 rings (SSSR count). The van der Waals surface area contributed by atoms with E-state index in [9.17, 15) is 0 Å². The van der Waals surface area contributed by atoms with Crippen molar-refractivity contribution in [2.75, 3.05) is 19.7 Å². The monoisotopic (exact) mass is 159 g/mol. The molecule has 11 heavy (non-hydrogen) atoms. The molecule has 0 saturated carbocycles. The molecule has 66 valence electrons. The fourth-order valence-corrected chi connectivity index (χ4v) is 1.29. The highest BCUT2D eigenvalue weighted by Crippen LogP contribution is 2.06. The fourth-order valence-electron chi connectivity index (χ4n) is 1.29. The van der Waals surface area contributed by atoms with Gasteiger partial charge >= 0.3 is 0 Å². The van der Waals surface area contributed by atoms with Crippen LogP contribution in [0.15, 0.2) is 0 Å². The summed E-state index contributed by atoms with van der Waals surface area (Å²) < 4.78 is 10.8. The Morgan fingerprint density at radius 3 is 3.00 bits per heavy atom. The fraction of sp³-hybridized carbons (Fsp3) is 1.00. The Morgan fingerprint density at radius 1 is 1.64 bits per heavy atom. The minimum absolute atomic E-state index is 0.0510. The third kappa shape index (κ3) is 3.18. The Labute approximate surface area is 68.1 Å². The van der Waals surface area contributed by atoms with Crippen molar-refractivity contribution in [3.8, 4) is 0 Å². The van der Waals surface area contributed by atoms with E-state index in [2.05, 4.69) is 5.32 Å². The lowest BCUT2D eigenvalue weighted by Crippen LogP contribution is -2.24. The van der Waals surface area contributed by atoms with E-state index in [0.29, 0.717) is 6.10 Å². The molecule has 0 radical (unpaired) electrons. The first-order chi connectivity index (χ1) is 5.33. The van der Waals surface area contributed by atoms with Gasteiger partial charge in [0.2, 0.25) is 0 Å². The molecular formula is C8H17NO2. The van der Waals surface area contributed by atoms with Gasteiger partial charge in [0.05, 0.1) is 6.10 Å². The molecule has 0 amide bonds. The Balaban J connectivity index is 2.08. The van der Waals surface area contributed by atoms with E-state index in [1.807, 2.05) is 13.8 Å². The van der Waals surface area contributed by atoms with Crippen LogP contribution in [0.3, 0.4) is 0 Å². The first kappa shape index (κ1) is 8.97. The molecule has 0 aromatic heterocycles.